The molecule has 0 saturated heterocycles. The van der Waals surface area contributed by atoms with Crippen molar-refractivity contribution in [3.05, 3.63) is 38.3 Å². The zero-order chi connectivity index (χ0) is 13.5. The molecule has 0 saturated carbocycles. The number of nitrogens with zero attached hydrogens (tertiary/aromatic N) is 1. The quantitative estimate of drug-likeness (QED) is 0.460. The van der Waals surface area contributed by atoms with Crippen molar-refractivity contribution < 1.29 is 10.0 Å². The van der Waals surface area contributed by atoms with Crippen LogP contribution in [0.1, 0.15) is 25.3 Å². The minimum absolute atomic E-state index is 0.0721. The van der Waals surface area contributed by atoms with Crippen LogP contribution >= 0.6 is 15.9 Å². The van der Waals surface area contributed by atoms with Gasteiger partial charge in [-0.05, 0) is 46.9 Å². The monoisotopic (exact) mass is 316 g/mol. The van der Waals surface area contributed by atoms with Gasteiger partial charge >= 0.3 is 0 Å². The van der Waals surface area contributed by atoms with E-state index in [1.165, 1.54) is 0 Å². The van der Waals surface area contributed by atoms with Gasteiger partial charge in [-0.2, -0.15) is 0 Å². The standard InChI is InChI=1S/C12H17BrN2O3/c1-2-10(16)5-6-14-8-9-3-4-11(13)12(7-9)15(17)18/h3-4,7,10,14,16H,2,5-6,8H2,1H3. The molecule has 5 nitrogen and oxygen atoms in total. The van der Waals surface area contributed by atoms with Gasteiger partial charge in [0, 0.05) is 12.6 Å². The lowest BCUT2D eigenvalue weighted by atomic mass is 10.2. The fourth-order valence-electron chi connectivity index (χ4n) is 1.51. The second kappa shape index (κ2) is 7.45. The van der Waals surface area contributed by atoms with Gasteiger partial charge in [0.15, 0.2) is 0 Å². The van der Waals surface area contributed by atoms with Gasteiger partial charge in [-0.15, -0.1) is 0 Å². The zero-order valence-corrected chi connectivity index (χ0v) is 11.8. The average Bonchev–Trinajstić information content (AvgIpc) is 2.35. The Morgan fingerprint density at radius 1 is 1.56 bits per heavy atom. The van der Waals surface area contributed by atoms with E-state index in [4.69, 9.17) is 0 Å². The molecule has 0 spiro atoms. The third-order valence-electron chi connectivity index (χ3n) is 2.66. The fraction of sp³-hybridized carbons (Fsp3) is 0.500. The van der Waals surface area contributed by atoms with E-state index in [1.54, 1.807) is 12.1 Å². The molecule has 1 unspecified atom stereocenters. The summed E-state index contributed by atoms with van der Waals surface area (Å²) < 4.78 is 0.484. The molecule has 0 amide bonds. The predicted octanol–water partition coefficient (Wildman–Crippen LogP) is 2.61. The Kier molecular flexibility index (Phi) is 6.24. The number of halogens is 1. The van der Waals surface area contributed by atoms with Gasteiger partial charge in [0.2, 0.25) is 0 Å². The molecule has 0 fully saturated rings. The van der Waals surface area contributed by atoms with Gasteiger partial charge in [0.25, 0.3) is 5.69 Å². The highest BCUT2D eigenvalue weighted by Gasteiger charge is 2.11. The number of nitrogens with one attached hydrogen (secondary N) is 1. The minimum Gasteiger partial charge on any atom is -0.393 e. The Labute approximate surface area is 114 Å². The first kappa shape index (κ1) is 15.1. The van der Waals surface area contributed by atoms with Crippen LogP contribution in [-0.4, -0.2) is 22.7 Å². The third-order valence-corrected chi connectivity index (χ3v) is 3.33. The highest BCUT2D eigenvalue weighted by molar-refractivity contribution is 9.10. The Bertz CT molecular complexity index is 412. The molecule has 1 aromatic rings. The summed E-state index contributed by atoms with van der Waals surface area (Å²) in [5, 5.41) is 23.3. The lowest BCUT2D eigenvalue weighted by Crippen LogP contribution is -2.19. The molecule has 100 valence electrons. The molecule has 0 aliphatic rings. The largest absolute Gasteiger partial charge is 0.393 e. The van der Waals surface area contributed by atoms with E-state index >= 15 is 0 Å². The molecule has 1 atom stereocenters. The van der Waals surface area contributed by atoms with Crippen LogP contribution in [0.4, 0.5) is 5.69 Å². The molecule has 0 aliphatic carbocycles. The molecule has 18 heavy (non-hydrogen) atoms. The van der Waals surface area contributed by atoms with E-state index in [9.17, 15) is 15.2 Å². The Hall–Kier alpha value is -0.980. The van der Waals surface area contributed by atoms with Crippen LogP contribution < -0.4 is 5.32 Å². The molecule has 0 aliphatic heterocycles. The molecule has 1 rings (SSSR count). The predicted molar refractivity (Wildman–Crippen MR) is 73.4 cm³/mol. The summed E-state index contributed by atoms with van der Waals surface area (Å²) in [6.07, 6.45) is 1.15. The van der Waals surface area contributed by atoms with Gasteiger partial charge in [0.05, 0.1) is 15.5 Å². The van der Waals surface area contributed by atoms with Crippen molar-refractivity contribution in [2.75, 3.05) is 6.54 Å². The van der Waals surface area contributed by atoms with Crippen LogP contribution in [0.2, 0.25) is 0 Å². The number of nitro groups is 1. The van der Waals surface area contributed by atoms with Gasteiger partial charge < -0.3 is 10.4 Å². The van der Waals surface area contributed by atoms with E-state index in [2.05, 4.69) is 21.2 Å². The Morgan fingerprint density at radius 2 is 2.28 bits per heavy atom. The van der Waals surface area contributed by atoms with Crippen molar-refractivity contribution in [3.63, 3.8) is 0 Å². The number of benzene rings is 1. The van der Waals surface area contributed by atoms with Gasteiger partial charge in [-0.1, -0.05) is 13.0 Å². The second-order valence-corrected chi connectivity index (χ2v) is 4.92. The number of aliphatic hydroxyl groups excluding tert-OH is 1. The van der Waals surface area contributed by atoms with Crippen molar-refractivity contribution in [1.29, 1.82) is 0 Å². The van der Waals surface area contributed by atoms with Crippen molar-refractivity contribution in [1.82, 2.24) is 5.32 Å². The smallest absolute Gasteiger partial charge is 0.283 e. The molecule has 0 bridgehead atoms. The number of nitro benzene ring substituents is 1. The second-order valence-electron chi connectivity index (χ2n) is 4.07. The number of aliphatic hydroxyl groups is 1. The lowest BCUT2D eigenvalue weighted by Gasteiger charge is -2.08. The first-order valence-electron chi connectivity index (χ1n) is 5.86. The van der Waals surface area contributed by atoms with E-state index in [-0.39, 0.29) is 11.8 Å². The molecule has 0 heterocycles. The van der Waals surface area contributed by atoms with Crippen LogP contribution in [0.5, 0.6) is 0 Å². The topological polar surface area (TPSA) is 75.4 Å². The molecule has 2 N–H and O–H groups in total. The van der Waals surface area contributed by atoms with Crippen LogP contribution in [0.15, 0.2) is 22.7 Å². The molecular formula is C12H17BrN2O3. The molecular weight excluding hydrogens is 300 g/mol. The van der Waals surface area contributed by atoms with Crippen LogP contribution in [0.25, 0.3) is 0 Å². The van der Waals surface area contributed by atoms with Crippen LogP contribution in [0.3, 0.4) is 0 Å². The lowest BCUT2D eigenvalue weighted by molar-refractivity contribution is -0.385. The van der Waals surface area contributed by atoms with E-state index in [1.807, 2.05) is 13.0 Å². The summed E-state index contributed by atoms with van der Waals surface area (Å²) in [4.78, 5) is 10.3. The Balaban J connectivity index is 2.48. The maximum absolute atomic E-state index is 10.8. The summed E-state index contributed by atoms with van der Waals surface area (Å²) >= 11 is 3.15. The zero-order valence-electron chi connectivity index (χ0n) is 10.2. The maximum Gasteiger partial charge on any atom is 0.283 e. The molecule has 0 radical (unpaired) electrons. The summed E-state index contributed by atoms with van der Waals surface area (Å²) in [5.74, 6) is 0. The summed E-state index contributed by atoms with van der Waals surface area (Å²) in [5.41, 5.74) is 0.929. The van der Waals surface area contributed by atoms with Gasteiger partial charge in [-0.25, -0.2) is 0 Å². The molecule has 0 aromatic heterocycles. The van der Waals surface area contributed by atoms with Crippen LogP contribution in [-0.2, 0) is 6.54 Å². The van der Waals surface area contributed by atoms with Crippen molar-refractivity contribution in [3.8, 4) is 0 Å². The first-order valence-corrected chi connectivity index (χ1v) is 6.65. The highest BCUT2D eigenvalue weighted by Crippen LogP contribution is 2.25. The highest BCUT2D eigenvalue weighted by atomic mass is 79.9. The molecule has 1 aromatic carbocycles. The van der Waals surface area contributed by atoms with Crippen LogP contribution in [0, 0.1) is 10.1 Å². The van der Waals surface area contributed by atoms with E-state index in [0.717, 1.165) is 12.0 Å². The normalized spacial score (nSPS) is 12.4. The summed E-state index contributed by atoms with van der Waals surface area (Å²) in [7, 11) is 0. The minimum atomic E-state index is -0.408. The van der Waals surface area contributed by atoms with Crippen molar-refractivity contribution >= 4 is 21.6 Å². The fourth-order valence-corrected chi connectivity index (χ4v) is 1.91. The maximum atomic E-state index is 10.8. The van der Waals surface area contributed by atoms with Gasteiger partial charge in [0.1, 0.15) is 0 Å². The Morgan fingerprint density at radius 3 is 2.89 bits per heavy atom. The van der Waals surface area contributed by atoms with Gasteiger partial charge in [-0.3, -0.25) is 10.1 Å². The van der Waals surface area contributed by atoms with E-state index < -0.39 is 4.92 Å². The van der Waals surface area contributed by atoms with Crippen molar-refractivity contribution in [2.45, 2.75) is 32.4 Å². The SMILES string of the molecule is CCC(O)CCNCc1ccc(Br)c([N+](=O)[O-])c1. The number of hydrogen-bond donors (Lipinski definition) is 2. The third kappa shape index (κ3) is 4.72. The summed E-state index contributed by atoms with van der Waals surface area (Å²) in [6, 6.07) is 5.06. The number of hydrogen-bond acceptors (Lipinski definition) is 4. The van der Waals surface area contributed by atoms with Crippen molar-refractivity contribution in [2.24, 2.45) is 0 Å². The average molecular weight is 317 g/mol. The number of rotatable bonds is 7. The molecule has 6 heteroatoms. The van der Waals surface area contributed by atoms with E-state index in [0.29, 0.717) is 24.0 Å². The first-order chi connectivity index (χ1) is 8.54. The summed E-state index contributed by atoms with van der Waals surface area (Å²) in [6.45, 7) is 3.19.